The van der Waals surface area contributed by atoms with E-state index in [1.807, 2.05) is 71.3 Å². The van der Waals surface area contributed by atoms with Crippen molar-refractivity contribution in [3.8, 4) is 22.8 Å². The zero-order valence-corrected chi connectivity index (χ0v) is 22.8. The van der Waals surface area contributed by atoms with Crippen LogP contribution in [-0.2, 0) is 4.74 Å². The topological polar surface area (TPSA) is 91.9 Å². The number of thioether (sulfide) groups is 1. The summed E-state index contributed by atoms with van der Waals surface area (Å²) in [6.07, 6.45) is 0. The maximum Gasteiger partial charge on any atom is 0.359 e. The number of rotatable bonds is 9. The van der Waals surface area contributed by atoms with Crippen molar-refractivity contribution in [1.29, 1.82) is 0 Å². The SMILES string of the molecule is CCOC(=O)c1nn(-c2ccccc2Cl)c(C)c1C(=O)CSc1nnc(-c2ccccc2)n1-c1ccccc1. The van der Waals surface area contributed by atoms with Gasteiger partial charge in [0.15, 0.2) is 22.5 Å². The number of para-hydroxylation sites is 2. The second-order valence-electron chi connectivity index (χ2n) is 8.45. The minimum Gasteiger partial charge on any atom is -0.461 e. The summed E-state index contributed by atoms with van der Waals surface area (Å²) in [5, 5.41) is 14.3. The van der Waals surface area contributed by atoms with Crippen LogP contribution in [0.3, 0.4) is 0 Å². The van der Waals surface area contributed by atoms with Gasteiger partial charge < -0.3 is 4.74 Å². The molecule has 0 saturated carbocycles. The third-order valence-corrected chi connectivity index (χ3v) is 7.21. The molecule has 0 saturated heterocycles. The average Bonchev–Trinajstić information content (AvgIpc) is 3.54. The minimum absolute atomic E-state index is 0.00121. The maximum atomic E-state index is 13.7. The van der Waals surface area contributed by atoms with Crippen LogP contribution in [0, 0.1) is 6.92 Å². The Morgan fingerprint density at radius 2 is 1.59 bits per heavy atom. The first-order chi connectivity index (χ1) is 19.0. The Labute approximate surface area is 234 Å². The molecule has 0 aliphatic rings. The van der Waals surface area contributed by atoms with Gasteiger partial charge in [-0.1, -0.05) is 84.0 Å². The lowest BCUT2D eigenvalue weighted by Crippen LogP contribution is -2.13. The zero-order valence-electron chi connectivity index (χ0n) is 21.2. The Bertz CT molecular complexity index is 1630. The fourth-order valence-corrected chi connectivity index (χ4v) is 5.23. The molecule has 5 rings (SSSR count). The molecular weight excluding hydrogens is 534 g/mol. The Morgan fingerprint density at radius 3 is 2.28 bits per heavy atom. The smallest absolute Gasteiger partial charge is 0.359 e. The zero-order chi connectivity index (χ0) is 27.4. The van der Waals surface area contributed by atoms with Crippen LogP contribution in [0.2, 0.25) is 5.02 Å². The normalized spacial score (nSPS) is 10.9. The van der Waals surface area contributed by atoms with Gasteiger partial charge >= 0.3 is 5.97 Å². The number of halogens is 1. The lowest BCUT2D eigenvalue weighted by Gasteiger charge is -2.10. The number of carbonyl (C=O) groups is 2. The molecule has 3 aromatic carbocycles. The van der Waals surface area contributed by atoms with E-state index in [-0.39, 0.29) is 29.4 Å². The van der Waals surface area contributed by atoms with Crippen LogP contribution in [-0.4, -0.2) is 48.7 Å². The molecule has 0 aliphatic heterocycles. The van der Waals surface area contributed by atoms with E-state index in [0.29, 0.717) is 27.4 Å². The molecule has 0 aliphatic carbocycles. The maximum absolute atomic E-state index is 13.7. The number of nitrogens with zero attached hydrogens (tertiary/aromatic N) is 5. The second kappa shape index (κ2) is 11.7. The molecule has 196 valence electrons. The van der Waals surface area contributed by atoms with Crippen molar-refractivity contribution in [2.24, 2.45) is 0 Å². The van der Waals surface area contributed by atoms with Gasteiger partial charge in [0.25, 0.3) is 0 Å². The highest BCUT2D eigenvalue weighted by Gasteiger charge is 2.28. The Balaban J connectivity index is 1.51. The number of ether oxygens (including phenoxy) is 1. The highest BCUT2D eigenvalue weighted by molar-refractivity contribution is 7.99. The number of benzene rings is 3. The van der Waals surface area contributed by atoms with Gasteiger partial charge in [0.1, 0.15) is 0 Å². The van der Waals surface area contributed by atoms with Crippen molar-refractivity contribution in [1.82, 2.24) is 24.5 Å². The predicted molar refractivity (Wildman–Crippen MR) is 151 cm³/mol. The van der Waals surface area contributed by atoms with E-state index in [9.17, 15) is 9.59 Å². The van der Waals surface area contributed by atoms with Gasteiger partial charge in [-0.25, -0.2) is 9.48 Å². The highest BCUT2D eigenvalue weighted by Crippen LogP contribution is 2.30. The standard InChI is InChI=1S/C29H24ClN5O3S/c1-3-38-28(37)26-25(19(2)35(33-26)23-17-11-10-16-22(23)30)24(36)18-39-29-32-31-27(20-12-6-4-7-13-20)34(29)21-14-8-5-9-15-21/h4-17H,3,18H2,1-2H3. The molecule has 0 amide bonds. The van der Waals surface area contributed by atoms with Crippen molar-refractivity contribution in [3.63, 3.8) is 0 Å². The molecule has 39 heavy (non-hydrogen) atoms. The molecule has 0 unspecified atom stereocenters. The van der Waals surface area contributed by atoms with E-state index >= 15 is 0 Å². The first kappa shape index (κ1) is 26.4. The van der Waals surface area contributed by atoms with Crippen LogP contribution in [0.5, 0.6) is 0 Å². The lowest BCUT2D eigenvalue weighted by molar-refractivity contribution is 0.0516. The first-order valence-electron chi connectivity index (χ1n) is 12.2. The third kappa shape index (κ3) is 5.36. The molecule has 0 radical (unpaired) electrons. The summed E-state index contributed by atoms with van der Waals surface area (Å²) >= 11 is 7.63. The van der Waals surface area contributed by atoms with Gasteiger partial charge in [-0.3, -0.25) is 9.36 Å². The molecule has 2 aromatic heterocycles. The molecule has 5 aromatic rings. The van der Waals surface area contributed by atoms with Crippen molar-refractivity contribution < 1.29 is 14.3 Å². The minimum atomic E-state index is -0.668. The number of ketones is 1. The van der Waals surface area contributed by atoms with Gasteiger partial charge in [-0.2, -0.15) is 5.10 Å². The van der Waals surface area contributed by atoms with Gasteiger partial charge in [0, 0.05) is 11.3 Å². The summed E-state index contributed by atoms with van der Waals surface area (Å²) < 4.78 is 8.63. The molecule has 0 bridgehead atoms. The lowest BCUT2D eigenvalue weighted by atomic mass is 10.1. The number of hydrogen-bond donors (Lipinski definition) is 0. The largest absolute Gasteiger partial charge is 0.461 e. The number of hydrogen-bond acceptors (Lipinski definition) is 7. The number of esters is 1. The van der Waals surface area contributed by atoms with Crippen molar-refractivity contribution >= 4 is 35.1 Å². The highest BCUT2D eigenvalue weighted by atomic mass is 35.5. The molecule has 0 N–H and O–H groups in total. The summed E-state index contributed by atoms with van der Waals surface area (Å²) in [7, 11) is 0. The van der Waals surface area contributed by atoms with E-state index in [1.54, 1.807) is 32.0 Å². The summed E-state index contributed by atoms with van der Waals surface area (Å²) in [5.74, 6) is -0.297. The second-order valence-corrected chi connectivity index (χ2v) is 9.80. The Hall–Kier alpha value is -4.21. The average molecular weight is 558 g/mol. The van der Waals surface area contributed by atoms with Crippen LogP contribution in [0.25, 0.3) is 22.8 Å². The summed E-state index contributed by atoms with van der Waals surface area (Å²) in [6.45, 7) is 3.59. The molecule has 2 heterocycles. The number of aromatic nitrogens is 5. The number of carbonyl (C=O) groups excluding carboxylic acids is 2. The van der Waals surface area contributed by atoms with E-state index in [4.69, 9.17) is 16.3 Å². The summed E-state index contributed by atoms with van der Waals surface area (Å²) in [4.78, 5) is 26.5. The van der Waals surface area contributed by atoms with Crippen molar-refractivity contribution in [2.75, 3.05) is 12.4 Å². The van der Waals surface area contributed by atoms with Gasteiger partial charge in [0.05, 0.1) is 34.3 Å². The summed E-state index contributed by atoms with van der Waals surface area (Å²) in [6, 6.07) is 26.5. The van der Waals surface area contributed by atoms with E-state index < -0.39 is 5.97 Å². The Morgan fingerprint density at radius 1 is 0.923 bits per heavy atom. The monoisotopic (exact) mass is 557 g/mol. The molecule has 8 nitrogen and oxygen atoms in total. The van der Waals surface area contributed by atoms with Gasteiger partial charge in [-0.05, 0) is 38.1 Å². The first-order valence-corrected chi connectivity index (χ1v) is 13.6. The fraction of sp³-hybridized carbons (Fsp3) is 0.138. The Kier molecular flexibility index (Phi) is 7.90. The van der Waals surface area contributed by atoms with Gasteiger partial charge in [0.2, 0.25) is 0 Å². The van der Waals surface area contributed by atoms with Crippen LogP contribution < -0.4 is 0 Å². The van der Waals surface area contributed by atoms with Crippen LogP contribution in [0.15, 0.2) is 90.1 Å². The molecule has 10 heteroatoms. The third-order valence-electron chi connectivity index (χ3n) is 5.96. The molecule has 0 spiro atoms. The van der Waals surface area contributed by atoms with Crippen LogP contribution in [0.1, 0.15) is 33.5 Å². The molecule has 0 atom stereocenters. The van der Waals surface area contributed by atoms with E-state index in [0.717, 1.165) is 11.3 Å². The van der Waals surface area contributed by atoms with Crippen LogP contribution >= 0.6 is 23.4 Å². The van der Waals surface area contributed by atoms with E-state index in [2.05, 4.69) is 15.3 Å². The summed E-state index contributed by atoms with van der Waals surface area (Å²) in [5.41, 5.74) is 2.96. The van der Waals surface area contributed by atoms with Gasteiger partial charge in [-0.15, -0.1) is 10.2 Å². The predicted octanol–water partition coefficient (Wildman–Crippen LogP) is 6.23. The van der Waals surface area contributed by atoms with Crippen LogP contribution in [0.4, 0.5) is 0 Å². The quantitative estimate of drug-likeness (QED) is 0.120. The van der Waals surface area contributed by atoms with Crippen molar-refractivity contribution in [3.05, 3.63) is 107 Å². The molecule has 0 fully saturated rings. The number of Topliss-reactive ketones (excluding diaryl/α,β-unsaturated/α-hetero) is 1. The molecular formula is C29H24ClN5O3S. The van der Waals surface area contributed by atoms with E-state index in [1.165, 1.54) is 16.4 Å². The van der Waals surface area contributed by atoms with Crippen molar-refractivity contribution in [2.45, 2.75) is 19.0 Å². The fourth-order valence-electron chi connectivity index (χ4n) is 4.19.